The number of amides is 1. The maximum Gasteiger partial charge on any atom is 0.269 e. The van der Waals surface area contributed by atoms with E-state index in [1.54, 1.807) is 30.3 Å². The molecular weight excluding hydrogens is 330 g/mol. The van der Waals surface area contributed by atoms with Crippen LogP contribution >= 0.6 is 11.8 Å². The quantitative estimate of drug-likeness (QED) is 0.507. The molecule has 0 saturated carbocycles. The highest BCUT2D eigenvalue weighted by molar-refractivity contribution is 8.18. The maximum atomic E-state index is 12.0. The first kappa shape index (κ1) is 15.8. The summed E-state index contributed by atoms with van der Waals surface area (Å²) in [7, 11) is 0. The third-order valence-corrected chi connectivity index (χ3v) is 4.02. The Morgan fingerprint density at radius 3 is 2.62 bits per heavy atom. The Morgan fingerprint density at radius 1 is 1.21 bits per heavy atom. The summed E-state index contributed by atoms with van der Waals surface area (Å²) in [4.78, 5) is 26.8. The van der Waals surface area contributed by atoms with E-state index in [1.165, 1.54) is 24.3 Å². The van der Waals surface area contributed by atoms with Crippen LogP contribution in [0.25, 0.3) is 6.08 Å². The van der Waals surface area contributed by atoms with Crippen molar-refractivity contribution < 1.29 is 14.8 Å². The summed E-state index contributed by atoms with van der Waals surface area (Å²) in [5, 5.41) is 23.1. The maximum absolute atomic E-state index is 12.0. The predicted octanol–water partition coefficient (Wildman–Crippen LogP) is 3.19. The van der Waals surface area contributed by atoms with Crippen molar-refractivity contribution in [3.8, 4) is 5.75 Å². The van der Waals surface area contributed by atoms with Gasteiger partial charge in [0.1, 0.15) is 5.75 Å². The molecule has 2 aromatic carbocycles. The number of carbonyl (C=O) groups is 1. The molecule has 0 aromatic heterocycles. The second kappa shape index (κ2) is 6.55. The molecule has 1 aliphatic rings. The highest BCUT2D eigenvalue weighted by atomic mass is 32.2. The molecule has 2 N–H and O–H groups in total. The van der Waals surface area contributed by atoms with Crippen molar-refractivity contribution in [3.63, 3.8) is 0 Å². The minimum absolute atomic E-state index is 0.00758. The van der Waals surface area contributed by atoms with Gasteiger partial charge >= 0.3 is 0 Å². The van der Waals surface area contributed by atoms with E-state index >= 15 is 0 Å². The summed E-state index contributed by atoms with van der Waals surface area (Å²) in [5.74, 6) is -0.204. The number of nitro groups is 1. The fourth-order valence-corrected chi connectivity index (χ4v) is 2.85. The van der Waals surface area contributed by atoms with Crippen LogP contribution in [0.15, 0.2) is 58.4 Å². The van der Waals surface area contributed by atoms with E-state index in [9.17, 15) is 20.0 Å². The number of nitrogens with one attached hydrogen (secondary N) is 1. The van der Waals surface area contributed by atoms with Crippen LogP contribution in [-0.4, -0.2) is 21.1 Å². The summed E-state index contributed by atoms with van der Waals surface area (Å²) in [6, 6.07) is 12.3. The number of phenolic OH excluding ortho intramolecular Hbond substituents is 1. The fourth-order valence-electron chi connectivity index (χ4n) is 2.00. The minimum Gasteiger partial charge on any atom is -0.508 e. The van der Waals surface area contributed by atoms with Crippen LogP contribution in [-0.2, 0) is 4.79 Å². The Morgan fingerprint density at radius 2 is 1.96 bits per heavy atom. The number of non-ortho nitro benzene ring substituents is 1. The van der Waals surface area contributed by atoms with Crippen LogP contribution in [0.5, 0.6) is 5.75 Å². The second-order valence-corrected chi connectivity index (χ2v) is 5.88. The van der Waals surface area contributed by atoms with Gasteiger partial charge in [-0.25, -0.2) is 4.99 Å². The summed E-state index contributed by atoms with van der Waals surface area (Å²) >= 11 is 1.16. The Bertz CT molecular complexity index is 875. The van der Waals surface area contributed by atoms with Crippen molar-refractivity contribution in [2.24, 2.45) is 4.99 Å². The molecule has 24 heavy (non-hydrogen) atoms. The molecule has 1 fully saturated rings. The number of rotatable bonds is 3. The minimum atomic E-state index is -0.478. The number of nitro benzene ring substituents is 1. The average molecular weight is 341 g/mol. The molecule has 1 saturated heterocycles. The molecule has 0 atom stereocenters. The molecule has 1 amide bonds. The Kier molecular flexibility index (Phi) is 4.30. The second-order valence-electron chi connectivity index (χ2n) is 4.85. The number of aliphatic imine (C=N–C) groups is 1. The van der Waals surface area contributed by atoms with Gasteiger partial charge in [-0.3, -0.25) is 14.9 Å². The molecule has 120 valence electrons. The number of benzene rings is 2. The zero-order valence-electron chi connectivity index (χ0n) is 12.2. The van der Waals surface area contributed by atoms with Crippen LogP contribution in [0, 0.1) is 10.1 Å². The number of hydrogen-bond acceptors (Lipinski definition) is 6. The standard InChI is InChI=1S/C16H11N3O4S/c20-13-3-1-2-11(9-13)17-16-18-15(21)14(24-16)8-10-4-6-12(7-5-10)19(22)23/h1-9,20H,(H,17,18,21)/b14-8-. The van der Waals surface area contributed by atoms with Crippen molar-refractivity contribution in [2.75, 3.05) is 0 Å². The van der Waals surface area contributed by atoms with Gasteiger partial charge in [-0.15, -0.1) is 0 Å². The molecule has 0 bridgehead atoms. The van der Waals surface area contributed by atoms with Gasteiger partial charge in [-0.05, 0) is 47.7 Å². The van der Waals surface area contributed by atoms with E-state index in [0.717, 1.165) is 11.8 Å². The lowest BCUT2D eigenvalue weighted by molar-refractivity contribution is -0.384. The van der Waals surface area contributed by atoms with Crippen LogP contribution in [0.2, 0.25) is 0 Å². The normalized spacial score (nSPS) is 17.2. The van der Waals surface area contributed by atoms with Gasteiger partial charge in [-0.2, -0.15) is 0 Å². The van der Waals surface area contributed by atoms with Crippen molar-refractivity contribution in [3.05, 3.63) is 69.1 Å². The number of thioether (sulfide) groups is 1. The van der Waals surface area contributed by atoms with Gasteiger partial charge < -0.3 is 10.4 Å². The summed E-state index contributed by atoms with van der Waals surface area (Å²) < 4.78 is 0. The summed E-state index contributed by atoms with van der Waals surface area (Å²) in [6.07, 6.45) is 1.63. The average Bonchev–Trinajstić information content (AvgIpc) is 2.87. The van der Waals surface area contributed by atoms with Crippen LogP contribution in [0.1, 0.15) is 5.56 Å². The first-order valence-corrected chi connectivity index (χ1v) is 7.66. The molecule has 1 heterocycles. The number of nitrogens with zero attached hydrogens (tertiary/aromatic N) is 2. The zero-order valence-corrected chi connectivity index (χ0v) is 13.0. The molecule has 1 aliphatic heterocycles. The van der Waals surface area contributed by atoms with E-state index < -0.39 is 4.92 Å². The Labute approximate surface area is 140 Å². The Balaban J connectivity index is 1.80. The number of carbonyl (C=O) groups excluding carboxylic acids is 1. The SMILES string of the molecule is O=C1NC(=Nc2cccc(O)c2)S/C1=C\c1ccc([N+](=O)[O-])cc1. The largest absolute Gasteiger partial charge is 0.508 e. The van der Waals surface area contributed by atoms with Gasteiger partial charge in [0.15, 0.2) is 5.17 Å². The number of phenols is 1. The lowest BCUT2D eigenvalue weighted by Crippen LogP contribution is -2.19. The third kappa shape index (κ3) is 3.61. The third-order valence-electron chi connectivity index (χ3n) is 3.11. The molecule has 3 rings (SSSR count). The van der Waals surface area contributed by atoms with Crippen molar-refractivity contribution in [1.29, 1.82) is 0 Å². The number of hydrogen-bond donors (Lipinski definition) is 2. The number of amidine groups is 1. The lowest BCUT2D eigenvalue weighted by Gasteiger charge is -1.97. The van der Waals surface area contributed by atoms with Gasteiger partial charge in [0.05, 0.1) is 15.5 Å². The summed E-state index contributed by atoms with van der Waals surface area (Å²) in [6.45, 7) is 0. The van der Waals surface area contributed by atoms with Gasteiger partial charge in [-0.1, -0.05) is 6.07 Å². The van der Waals surface area contributed by atoms with Gasteiger partial charge in [0.25, 0.3) is 11.6 Å². The fraction of sp³-hybridized carbons (Fsp3) is 0. The van der Waals surface area contributed by atoms with Crippen molar-refractivity contribution in [2.45, 2.75) is 0 Å². The molecule has 7 nitrogen and oxygen atoms in total. The molecular formula is C16H11N3O4S. The molecule has 2 aromatic rings. The van der Waals surface area contributed by atoms with Crippen LogP contribution < -0.4 is 5.32 Å². The van der Waals surface area contributed by atoms with E-state index in [1.807, 2.05) is 0 Å². The van der Waals surface area contributed by atoms with Gasteiger partial charge in [0, 0.05) is 18.2 Å². The molecule has 8 heteroatoms. The number of aromatic hydroxyl groups is 1. The molecule has 0 unspecified atom stereocenters. The Hall–Kier alpha value is -3.13. The highest BCUT2D eigenvalue weighted by Crippen LogP contribution is 2.29. The van der Waals surface area contributed by atoms with E-state index in [2.05, 4.69) is 10.3 Å². The monoisotopic (exact) mass is 341 g/mol. The molecule has 0 radical (unpaired) electrons. The molecule has 0 spiro atoms. The lowest BCUT2D eigenvalue weighted by atomic mass is 10.2. The van der Waals surface area contributed by atoms with E-state index in [4.69, 9.17) is 0 Å². The van der Waals surface area contributed by atoms with E-state index in [-0.39, 0.29) is 17.3 Å². The predicted molar refractivity (Wildman–Crippen MR) is 92.0 cm³/mol. The van der Waals surface area contributed by atoms with Crippen molar-refractivity contribution in [1.82, 2.24) is 5.32 Å². The summed E-state index contributed by atoms with van der Waals surface area (Å²) in [5.41, 5.74) is 1.19. The highest BCUT2D eigenvalue weighted by Gasteiger charge is 2.23. The van der Waals surface area contributed by atoms with Crippen LogP contribution in [0.3, 0.4) is 0 Å². The zero-order chi connectivity index (χ0) is 17.1. The van der Waals surface area contributed by atoms with Crippen LogP contribution in [0.4, 0.5) is 11.4 Å². The first-order chi connectivity index (χ1) is 11.5. The smallest absolute Gasteiger partial charge is 0.269 e. The van der Waals surface area contributed by atoms with Crippen molar-refractivity contribution >= 4 is 40.3 Å². The first-order valence-electron chi connectivity index (χ1n) is 6.84. The van der Waals surface area contributed by atoms with Gasteiger partial charge in [0.2, 0.25) is 0 Å². The molecule has 0 aliphatic carbocycles. The topological polar surface area (TPSA) is 105 Å². The van der Waals surface area contributed by atoms with E-state index in [0.29, 0.717) is 21.3 Å².